The molecule has 3 nitrogen and oxygen atoms in total. The Morgan fingerprint density at radius 1 is 1.00 bits per heavy atom. The topological polar surface area (TPSA) is 57.5 Å². The molecule has 5 aliphatic carbocycles. The van der Waals surface area contributed by atoms with E-state index >= 15 is 0 Å². The summed E-state index contributed by atoms with van der Waals surface area (Å²) < 4.78 is 0. The number of aliphatic hydroxyl groups is 1. The molecule has 5 rings (SSSR count). The zero-order valence-corrected chi connectivity index (χ0v) is 21.8. The first kappa shape index (κ1) is 23.6. The molecule has 5 unspecified atom stereocenters. The Hall–Kier alpha value is -1.09. The Kier molecular flexibility index (Phi) is 5.01. The van der Waals surface area contributed by atoms with Crippen LogP contribution in [0.3, 0.4) is 0 Å². The molecule has 3 heteroatoms. The predicted octanol–water partition coefficient (Wildman–Crippen LogP) is 7.01. The third kappa shape index (κ3) is 2.69. The zero-order valence-electron chi connectivity index (χ0n) is 21.8. The van der Waals surface area contributed by atoms with Crippen LogP contribution in [0.4, 0.5) is 0 Å². The highest BCUT2D eigenvalue weighted by atomic mass is 16.4. The molecule has 4 saturated carbocycles. The van der Waals surface area contributed by atoms with Crippen molar-refractivity contribution in [1.82, 2.24) is 0 Å². The van der Waals surface area contributed by atoms with E-state index in [2.05, 4.69) is 47.3 Å². The molecule has 0 aliphatic heterocycles. The van der Waals surface area contributed by atoms with Crippen LogP contribution in [0.1, 0.15) is 99.3 Å². The second-order valence-corrected chi connectivity index (χ2v) is 14.0. The maximum Gasteiger partial charge on any atom is 0.312 e. The Morgan fingerprint density at radius 2 is 1.70 bits per heavy atom. The fourth-order valence-electron chi connectivity index (χ4n) is 10.5. The van der Waals surface area contributed by atoms with E-state index in [0.29, 0.717) is 29.6 Å². The third-order valence-corrected chi connectivity index (χ3v) is 13.1. The van der Waals surface area contributed by atoms with Gasteiger partial charge in [0, 0.05) is 0 Å². The number of carbonyl (C=O) groups is 1. The lowest BCUT2D eigenvalue weighted by atomic mass is 9.33. The number of fused-ring (bicyclic) bond motifs is 7. The molecule has 4 fully saturated rings. The minimum absolute atomic E-state index is 0.0325. The molecule has 0 amide bonds. The number of hydrogen-bond donors (Lipinski definition) is 2. The van der Waals surface area contributed by atoms with Crippen molar-refractivity contribution in [2.24, 2.45) is 50.7 Å². The van der Waals surface area contributed by atoms with Gasteiger partial charge in [0.1, 0.15) is 0 Å². The van der Waals surface area contributed by atoms with Gasteiger partial charge in [-0.05, 0) is 110 Å². The van der Waals surface area contributed by atoms with Gasteiger partial charge < -0.3 is 10.2 Å². The average molecular weight is 455 g/mol. The maximum atomic E-state index is 12.5. The molecule has 33 heavy (non-hydrogen) atoms. The number of aliphatic hydroxyl groups excluding tert-OH is 1. The highest BCUT2D eigenvalue weighted by molar-refractivity contribution is 5.76. The maximum absolute atomic E-state index is 12.5. The van der Waals surface area contributed by atoms with Gasteiger partial charge in [-0.25, -0.2) is 0 Å². The van der Waals surface area contributed by atoms with Gasteiger partial charge in [0.2, 0.25) is 0 Å². The largest absolute Gasteiger partial charge is 0.481 e. The quantitative estimate of drug-likeness (QED) is 0.419. The van der Waals surface area contributed by atoms with E-state index in [4.69, 9.17) is 0 Å². The zero-order chi connectivity index (χ0) is 24.2. The number of hydrogen-bond acceptors (Lipinski definition) is 2. The molecule has 2 N–H and O–H groups in total. The first-order valence-corrected chi connectivity index (χ1v) is 13.6. The molecule has 0 radical (unpaired) electrons. The van der Waals surface area contributed by atoms with Gasteiger partial charge in [-0.2, -0.15) is 0 Å². The normalized spacial score (nSPS) is 56.0. The van der Waals surface area contributed by atoms with Crippen LogP contribution in [0.2, 0.25) is 0 Å². The molecule has 0 spiro atoms. The molecule has 0 bridgehead atoms. The fourth-order valence-corrected chi connectivity index (χ4v) is 10.5. The van der Waals surface area contributed by atoms with Crippen LogP contribution in [0.5, 0.6) is 0 Å². The van der Waals surface area contributed by atoms with Crippen molar-refractivity contribution in [2.45, 2.75) is 105 Å². The summed E-state index contributed by atoms with van der Waals surface area (Å²) in [4.78, 5) is 12.5. The van der Waals surface area contributed by atoms with Crippen molar-refractivity contribution in [1.29, 1.82) is 0 Å². The molecule has 0 heterocycles. The van der Waals surface area contributed by atoms with Crippen LogP contribution < -0.4 is 0 Å². The monoisotopic (exact) mass is 454 g/mol. The van der Waals surface area contributed by atoms with Crippen molar-refractivity contribution in [3.63, 3.8) is 0 Å². The van der Waals surface area contributed by atoms with Crippen molar-refractivity contribution in [3.05, 3.63) is 23.8 Å². The molecular formula is C30H46O3. The smallest absolute Gasteiger partial charge is 0.312 e. The van der Waals surface area contributed by atoms with E-state index in [1.54, 1.807) is 5.57 Å². The minimum Gasteiger partial charge on any atom is -0.481 e. The van der Waals surface area contributed by atoms with Gasteiger partial charge in [0.15, 0.2) is 0 Å². The fraction of sp³-hybridized carbons (Fsp3) is 0.833. The molecule has 10 atom stereocenters. The van der Waals surface area contributed by atoms with Crippen LogP contribution in [0.15, 0.2) is 23.8 Å². The van der Waals surface area contributed by atoms with Crippen LogP contribution in [0.25, 0.3) is 0 Å². The summed E-state index contributed by atoms with van der Waals surface area (Å²) in [6.45, 7) is 18.8. The molecule has 5 aliphatic rings. The van der Waals surface area contributed by atoms with E-state index in [0.717, 1.165) is 25.7 Å². The average Bonchev–Trinajstić information content (AvgIpc) is 2.75. The molecule has 0 saturated heterocycles. The standard InChI is InChI=1S/C30H46O3/c1-18-10-13-26(3)16-17-28(5)20(24(26)19(18)2)8-9-21-27(4)14-12-23(31)30(7,25(32)33)22(27)11-15-29(21,28)6/h8,19,21-24,31H,1,9-17H2,2-7H3,(H,32,33)/t19-,21?,22?,23?,24?,26+,27+,28+,29+,30?/m0/s1. The Balaban J connectivity index is 1.60. The SMILES string of the molecule is C=C1CC[C@]2(C)CC[C@]3(C)C(=CCC4[C@@]5(C)CCC(O)C(C)(C(=O)O)C5CC[C@]43C)C2[C@H]1C. The number of carboxylic acids is 1. The van der Waals surface area contributed by atoms with Crippen LogP contribution in [0, 0.1) is 50.7 Å². The van der Waals surface area contributed by atoms with Gasteiger partial charge in [0.25, 0.3) is 0 Å². The second kappa shape index (κ2) is 6.99. The van der Waals surface area contributed by atoms with Crippen molar-refractivity contribution >= 4 is 5.97 Å². The van der Waals surface area contributed by atoms with Crippen molar-refractivity contribution in [2.75, 3.05) is 0 Å². The number of rotatable bonds is 1. The number of carboxylic acid groups (broad SMARTS) is 1. The molecular weight excluding hydrogens is 408 g/mol. The van der Waals surface area contributed by atoms with E-state index in [9.17, 15) is 15.0 Å². The van der Waals surface area contributed by atoms with Gasteiger partial charge in [0.05, 0.1) is 11.5 Å². The van der Waals surface area contributed by atoms with Crippen LogP contribution >= 0.6 is 0 Å². The summed E-state index contributed by atoms with van der Waals surface area (Å²) in [7, 11) is 0. The lowest BCUT2D eigenvalue weighted by molar-refractivity contribution is -0.216. The van der Waals surface area contributed by atoms with E-state index in [-0.39, 0.29) is 22.2 Å². The second-order valence-electron chi connectivity index (χ2n) is 14.0. The summed E-state index contributed by atoms with van der Waals surface area (Å²) >= 11 is 0. The molecule has 0 aromatic heterocycles. The lowest BCUT2D eigenvalue weighted by Gasteiger charge is -2.71. The molecule has 0 aromatic rings. The Morgan fingerprint density at radius 3 is 2.36 bits per heavy atom. The first-order valence-electron chi connectivity index (χ1n) is 13.6. The summed E-state index contributed by atoms with van der Waals surface area (Å²) in [6, 6.07) is 0. The highest BCUT2D eigenvalue weighted by Gasteiger charge is 2.69. The Bertz CT molecular complexity index is 920. The van der Waals surface area contributed by atoms with Crippen molar-refractivity contribution in [3.8, 4) is 0 Å². The van der Waals surface area contributed by atoms with E-state index in [1.165, 1.54) is 31.3 Å². The van der Waals surface area contributed by atoms with Crippen LogP contribution in [-0.2, 0) is 4.79 Å². The lowest BCUT2D eigenvalue weighted by Crippen LogP contribution is -2.66. The van der Waals surface area contributed by atoms with Crippen LogP contribution in [-0.4, -0.2) is 22.3 Å². The van der Waals surface area contributed by atoms with Gasteiger partial charge in [-0.1, -0.05) is 58.4 Å². The van der Waals surface area contributed by atoms with Gasteiger partial charge in [-0.15, -0.1) is 0 Å². The minimum atomic E-state index is -1.04. The summed E-state index contributed by atoms with van der Waals surface area (Å²) in [6.07, 6.45) is 11.4. The first-order chi connectivity index (χ1) is 15.3. The highest BCUT2D eigenvalue weighted by Crippen LogP contribution is 2.75. The summed E-state index contributed by atoms with van der Waals surface area (Å²) in [5.41, 5.74) is 2.77. The number of aliphatic carboxylic acids is 1. The molecule has 0 aromatic carbocycles. The van der Waals surface area contributed by atoms with E-state index in [1.807, 2.05) is 6.92 Å². The van der Waals surface area contributed by atoms with Crippen molar-refractivity contribution < 1.29 is 15.0 Å². The van der Waals surface area contributed by atoms with E-state index < -0.39 is 17.5 Å². The predicted molar refractivity (Wildman–Crippen MR) is 133 cm³/mol. The number of allylic oxidation sites excluding steroid dienone is 3. The summed E-state index contributed by atoms with van der Waals surface area (Å²) in [5.74, 6) is 0.830. The molecule has 184 valence electrons. The van der Waals surface area contributed by atoms with Gasteiger partial charge in [-0.3, -0.25) is 4.79 Å². The van der Waals surface area contributed by atoms with Gasteiger partial charge >= 0.3 is 5.97 Å². The third-order valence-electron chi connectivity index (χ3n) is 13.1. The summed E-state index contributed by atoms with van der Waals surface area (Å²) in [5, 5.41) is 21.1. The Labute approximate surface area is 201 Å².